The van der Waals surface area contributed by atoms with E-state index in [1.54, 1.807) is 29.2 Å². The van der Waals surface area contributed by atoms with Crippen molar-refractivity contribution in [2.24, 2.45) is 7.05 Å². The maximum atomic E-state index is 14.8. The van der Waals surface area contributed by atoms with Crippen molar-refractivity contribution < 1.29 is 18.7 Å². The molecule has 0 spiro atoms. The summed E-state index contributed by atoms with van der Waals surface area (Å²) in [6, 6.07) is 6.61. The molecule has 3 rings (SSSR count). The van der Waals surface area contributed by atoms with Gasteiger partial charge in [-0.2, -0.15) is 5.10 Å². The molecular formula is C18H22FN5O3. The molecule has 144 valence electrons. The van der Waals surface area contributed by atoms with E-state index in [0.717, 1.165) is 17.8 Å². The van der Waals surface area contributed by atoms with Gasteiger partial charge in [0, 0.05) is 33.2 Å². The second-order valence-electron chi connectivity index (χ2n) is 6.38. The minimum atomic E-state index is -0.843. The number of rotatable bonds is 4. The number of ether oxygens (including phenoxy) is 1. The first-order valence-electron chi connectivity index (χ1n) is 8.57. The third kappa shape index (κ3) is 3.77. The van der Waals surface area contributed by atoms with Crippen LogP contribution in [0, 0.1) is 5.82 Å². The van der Waals surface area contributed by atoms with Crippen LogP contribution < -0.4 is 10.1 Å². The van der Waals surface area contributed by atoms with E-state index in [1.165, 1.54) is 14.2 Å². The molecular weight excluding hydrogens is 353 g/mol. The van der Waals surface area contributed by atoms with Gasteiger partial charge in [-0.25, -0.2) is 9.07 Å². The van der Waals surface area contributed by atoms with Crippen molar-refractivity contribution in [3.63, 3.8) is 0 Å². The number of hydrogen-bond acceptors (Lipinski definition) is 5. The Bertz CT molecular complexity index is 859. The number of likely N-dealkylation sites (N-methyl/N-ethyl adjacent to an activating group) is 1. The highest BCUT2D eigenvalue weighted by Gasteiger charge is 2.29. The highest BCUT2D eigenvalue weighted by Crippen LogP contribution is 2.23. The zero-order valence-corrected chi connectivity index (χ0v) is 15.5. The Morgan fingerprint density at radius 1 is 1.15 bits per heavy atom. The molecule has 27 heavy (non-hydrogen) atoms. The van der Waals surface area contributed by atoms with Crippen molar-refractivity contribution in [2.45, 2.75) is 0 Å². The van der Waals surface area contributed by atoms with Crippen LogP contribution in [0.1, 0.15) is 20.8 Å². The average Bonchev–Trinajstić information content (AvgIpc) is 2.96. The number of halogens is 1. The van der Waals surface area contributed by atoms with Crippen LogP contribution in [0.4, 0.5) is 10.2 Å². The van der Waals surface area contributed by atoms with E-state index in [0.29, 0.717) is 18.8 Å². The number of carbonyl (C=O) groups excluding carboxylic acids is 2. The summed E-state index contributed by atoms with van der Waals surface area (Å²) in [4.78, 5) is 28.8. The molecule has 1 aromatic heterocycles. The lowest BCUT2D eigenvalue weighted by Crippen LogP contribution is -2.47. The summed E-state index contributed by atoms with van der Waals surface area (Å²) in [5, 5.41) is 6.47. The van der Waals surface area contributed by atoms with Gasteiger partial charge in [0.2, 0.25) is 0 Å². The summed E-state index contributed by atoms with van der Waals surface area (Å²) in [7, 11) is 4.89. The topological polar surface area (TPSA) is 79.7 Å². The third-order valence-electron chi connectivity index (χ3n) is 4.57. The zero-order chi connectivity index (χ0) is 19.6. The van der Waals surface area contributed by atoms with Gasteiger partial charge in [-0.15, -0.1) is 0 Å². The molecule has 0 bridgehead atoms. The van der Waals surface area contributed by atoms with Gasteiger partial charge in [0.15, 0.2) is 17.3 Å². The molecule has 1 N–H and O–H groups in total. The molecule has 1 saturated heterocycles. The lowest BCUT2D eigenvalue weighted by Gasteiger charge is -2.31. The van der Waals surface area contributed by atoms with Crippen molar-refractivity contribution in [3.05, 3.63) is 41.3 Å². The zero-order valence-electron chi connectivity index (χ0n) is 15.5. The Morgan fingerprint density at radius 2 is 1.81 bits per heavy atom. The number of anilines is 1. The standard InChI is InChI=1S/C18H22FN5O3/c1-22-8-10-24(11-9-22)18(26)15-14(19)16(23(2)21-15)20-17(25)12-6-4-5-7-13(12)27-3/h4-7H,8-11H2,1-3H3,(H,20,25). The second kappa shape index (κ2) is 7.75. The Balaban J connectivity index is 1.81. The largest absolute Gasteiger partial charge is 0.496 e. The molecule has 9 heteroatoms. The van der Waals surface area contributed by atoms with Gasteiger partial charge in [0.05, 0.1) is 12.7 Å². The van der Waals surface area contributed by atoms with Gasteiger partial charge < -0.3 is 19.9 Å². The molecule has 2 aromatic rings. The van der Waals surface area contributed by atoms with Crippen LogP contribution in [0.5, 0.6) is 5.75 Å². The minimum absolute atomic E-state index is 0.164. The summed E-state index contributed by atoms with van der Waals surface area (Å²) in [5.74, 6) is -1.67. The smallest absolute Gasteiger partial charge is 0.277 e. The first-order chi connectivity index (χ1) is 12.9. The maximum Gasteiger partial charge on any atom is 0.277 e. The number of benzene rings is 1. The van der Waals surface area contributed by atoms with E-state index in [2.05, 4.69) is 15.3 Å². The highest BCUT2D eigenvalue weighted by molar-refractivity contribution is 6.06. The molecule has 1 fully saturated rings. The summed E-state index contributed by atoms with van der Waals surface area (Å²) < 4.78 is 21.2. The molecule has 1 aliphatic rings. The van der Waals surface area contributed by atoms with Crippen molar-refractivity contribution in [1.82, 2.24) is 19.6 Å². The number of amides is 2. The number of carbonyl (C=O) groups is 2. The summed E-state index contributed by atoms with van der Waals surface area (Å²) >= 11 is 0. The number of hydrogen-bond donors (Lipinski definition) is 1. The van der Waals surface area contributed by atoms with Crippen molar-refractivity contribution in [1.29, 1.82) is 0 Å². The van der Waals surface area contributed by atoms with Crippen LogP contribution >= 0.6 is 0 Å². The third-order valence-corrected chi connectivity index (χ3v) is 4.57. The number of aromatic nitrogens is 2. The van der Waals surface area contributed by atoms with Gasteiger partial charge >= 0.3 is 0 Å². The van der Waals surface area contributed by atoms with Crippen LogP contribution in [0.3, 0.4) is 0 Å². The predicted molar refractivity (Wildman–Crippen MR) is 97.5 cm³/mol. The Morgan fingerprint density at radius 3 is 2.48 bits per heavy atom. The lowest BCUT2D eigenvalue weighted by atomic mass is 10.2. The Kier molecular flexibility index (Phi) is 5.41. The van der Waals surface area contributed by atoms with Crippen LogP contribution in [0.2, 0.25) is 0 Å². The molecule has 8 nitrogen and oxygen atoms in total. The Labute approximate surface area is 156 Å². The van der Waals surface area contributed by atoms with Crippen molar-refractivity contribution >= 4 is 17.6 Å². The summed E-state index contributed by atoms with van der Waals surface area (Å²) in [6.45, 7) is 2.46. The molecule has 0 radical (unpaired) electrons. The SMILES string of the molecule is COc1ccccc1C(=O)Nc1c(F)c(C(=O)N2CCN(C)CC2)nn1C. The van der Waals surface area contributed by atoms with E-state index in [1.807, 2.05) is 7.05 Å². The molecule has 0 aliphatic carbocycles. The fourth-order valence-corrected chi connectivity index (χ4v) is 2.94. The predicted octanol–water partition coefficient (Wildman–Crippen LogP) is 1.21. The van der Waals surface area contributed by atoms with Crippen LogP contribution in [-0.2, 0) is 7.05 Å². The molecule has 0 unspecified atom stereocenters. The number of nitrogens with zero attached hydrogens (tertiary/aromatic N) is 4. The summed E-state index contributed by atoms with van der Waals surface area (Å²) in [6.07, 6.45) is 0. The van der Waals surface area contributed by atoms with Crippen LogP contribution in [0.15, 0.2) is 24.3 Å². The van der Waals surface area contributed by atoms with E-state index in [9.17, 15) is 14.0 Å². The van der Waals surface area contributed by atoms with Crippen molar-refractivity contribution in [2.75, 3.05) is 45.7 Å². The fraction of sp³-hybridized carbons (Fsp3) is 0.389. The van der Waals surface area contributed by atoms with E-state index >= 15 is 0 Å². The fourth-order valence-electron chi connectivity index (χ4n) is 2.94. The van der Waals surface area contributed by atoms with E-state index < -0.39 is 17.6 Å². The maximum absolute atomic E-state index is 14.8. The number of piperazine rings is 1. The first-order valence-corrected chi connectivity index (χ1v) is 8.57. The van der Waals surface area contributed by atoms with E-state index in [4.69, 9.17) is 4.74 Å². The van der Waals surface area contributed by atoms with Crippen LogP contribution in [-0.4, -0.2) is 71.7 Å². The quantitative estimate of drug-likeness (QED) is 0.869. The van der Waals surface area contributed by atoms with Gasteiger partial charge in [0.25, 0.3) is 11.8 Å². The van der Waals surface area contributed by atoms with Gasteiger partial charge in [0.1, 0.15) is 5.75 Å². The van der Waals surface area contributed by atoms with Crippen molar-refractivity contribution in [3.8, 4) is 5.75 Å². The van der Waals surface area contributed by atoms with E-state index in [-0.39, 0.29) is 17.1 Å². The molecule has 0 saturated carbocycles. The van der Waals surface area contributed by atoms with Crippen LogP contribution in [0.25, 0.3) is 0 Å². The number of aryl methyl sites for hydroxylation is 1. The molecule has 1 aliphatic heterocycles. The lowest BCUT2D eigenvalue weighted by molar-refractivity contribution is 0.0652. The first kappa shape index (κ1) is 18.8. The van der Waals surface area contributed by atoms with Gasteiger partial charge in [-0.05, 0) is 19.2 Å². The monoisotopic (exact) mass is 375 g/mol. The average molecular weight is 375 g/mol. The number of nitrogens with one attached hydrogen (secondary N) is 1. The molecule has 2 heterocycles. The molecule has 2 amide bonds. The second-order valence-corrected chi connectivity index (χ2v) is 6.38. The summed E-state index contributed by atoms with van der Waals surface area (Å²) in [5.41, 5.74) is -0.0371. The van der Waals surface area contributed by atoms with Gasteiger partial charge in [-0.1, -0.05) is 12.1 Å². The normalized spacial score (nSPS) is 14.9. The molecule has 1 aromatic carbocycles. The van der Waals surface area contributed by atoms with Gasteiger partial charge in [-0.3, -0.25) is 9.59 Å². The number of para-hydroxylation sites is 1. The molecule has 0 atom stereocenters. The highest BCUT2D eigenvalue weighted by atomic mass is 19.1. The Hall–Kier alpha value is -2.94. The number of methoxy groups -OCH3 is 1. The minimum Gasteiger partial charge on any atom is -0.496 e.